The number of fused-ring (bicyclic) bond motifs is 1. The average Bonchev–Trinajstić information content (AvgIpc) is 2.93. The zero-order chi connectivity index (χ0) is 10.3. The van der Waals surface area contributed by atoms with E-state index < -0.39 is 0 Å². The minimum atomic E-state index is 0.745. The minimum absolute atomic E-state index is 0.745. The molecule has 5 heteroatoms. The van der Waals surface area contributed by atoms with Gasteiger partial charge in [0.2, 0.25) is 0 Å². The van der Waals surface area contributed by atoms with Crippen LogP contribution in [-0.4, -0.2) is 9.55 Å². The molecule has 0 bridgehead atoms. The van der Waals surface area contributed by atoms with E-state index in [0.717, 1.165) is 16.0 Å². The van der Waals surface area contributed by atoms with Gasteiger partial charge in [-0.15, -0.1) is 22.7 Å². The molecule has 0 saturated heterocycles. The third kappa shape index (κ3) is 1.19. The van der Waals surface area contributed by atoms with Crippen molar-refractivity contribution < 1.29 is 0 Å². The van der Waals surface area contributed by atoms with Gasteiger partial charge < -0.3 is 0 Å². The molecular weight excluding hydrogens is 226 g/mol. The lowest BCUT2D eigenvalue weighted by Gasteiger charge is -1.96. The van der Waals surface area contributed by atoms with Gasteiger partial charge in [-0.3, -0.25) is 4.57 Å². The Balaban J connectivity index is 2.36. The lowest BCUT2D eigenvalue weighted by molar-refractivity contribution is 1.08. The first kappa shape index (κ1) is 8.65. The van der Waals surface area contributed by atoms with E-state index in [0.29, 0.717) is 0 Å². The van der Waals surface area contributed by atoms with E-state index in [-0.39, 0.29) is 0 Å². The zero-order valence-corrected chi connectivity index (χ0v) is 9.18. The molecular formula is C10H5N3S2. The highest BCUT2D eigenvalue weighted by atomic mass is 32.2. The van der Waals surface area contributed by atoms with Crippen molar-refractivity contribution in [2.45, 2.75) is 0 Å². The van der Waals surface area contributed by atoms with Crippen molar-refractivity contribution in [3.8, 4) is 11.1 Å². The molecule has 3 rings (SSSR count). The van der Waals surface area contributed by atoms with Crippen LogP contribution in [0.5, 0.6) is 0 Å². The number of rotatable bonds is 1. The Morgan fingerprint density at radius 3 is 3.13 bits per heavy atom. The molecule has 0 saturated carbocycles. The predicted octanol–water partition coefficient (Wildman–Crippen LogP) is 3.02. The largest absolute Gasteiger partial charge is 0.296 e. The summed E-state index contributed by atoms with van der Waals surface area (Å²) in [5.74, 6) is 0. The van der Waals surface area contributed by atoms with E-state index >= 15 is 0 Å². The molecule has 15 heavy (non-hydrogen) atoms. The van der Waals surface area contributed by atoms with Gasteiger partial charge in [0, 0.05) is 17.8 Å². The molecule has 0 N–H and O–H groups in total. The molecule has 0 amide bonds. The maximum atomic E-state index is 9.15. The monoisotopic (exact) mass is 231 g/mol. The van der Waals surface area contributed by atoms with Crippen molar-refractivity contribution >= 4 is 32.1 Å². The van der Waals surface area contributed by atoms with Crippen LogP contribution in [0.4, 0.5) is 0 Å². The third-order valence-electron chi connectivity index (χ3n) is 2.15. The van der Waals surface area contributed by atoms with Gasteiger partial charge in [-0.1, -0.05) is 0 Å². The molecule has 3 aromatic heterocycles. The summed E-state index contributed by atoms with van der Waals surface area (Å²) >= 11 is 3.30. The summed E-state index contributed by atoms with van der Waals surface area (Å²) in [6.07, 6.45) is 5.29. The molecule has 3 nitrogen and oxygen atoms in total. The van der Waals surface area contributed by atoms with Gasteiger partial charge in [-0.2, -0.15) is 5.26 Å². The van der Waals surface area contributed by atoms with Crippen LogP contribution in [-0.2, 0) is 0 Å². The number of thiophene rings is 2. The zero-order valence-electron chi connectivity index (χ0n) is 7.54. The quantitative estimate of drug-likeness (QED) is 0.646. The van der Waals surface area contributed by atoms with Crippen LogP contribution in [0.1, 0.15) is 5.56 Å². The molecule has 0 unspecified atom stereocenters. The highest BCUT2D eigenvalue weighted by molar-refractivity contribution is 7.38. The fraction of sp³-hybridized carbons (Fsp3) is 0. The number of nitriles is 1. The van der Waals surface area contributed by atoms with Gasteiger partial charge in [0.05, 0.1) is 15.9 Å². The maximum Gasteiger partial charge on any atom is 0.120 e. The second kappa shape index (κ2) is 3.19. The standard InChI is InChI=1S/C10H5N3S2/c11-5-8-7-1-4-14-10(7)15-9(8)13-3-2-12-6-13/h1-4,6H. The van der Waals surface area contributed by atoms with Gasteiger partial charge in [0.25, 0.3) is 0 Å². The van der Waals surface area contributed by atoms with E-state index in [2.05, 4.69) is 11.1 Å². The van der Waals surface area contributed by atoms with Crippen molar-refractivity contribution in [3.63, 3.8) is 0 Å². The van der Waals surface area contributed by atoms with Gasteiger partial charge in [0.1, 0.15) is 11.1 Å². The molecule has 0 aromatic carbocycles. The Labute approximate surface area is 93.8 Å². The topological polar surface area (TPSA) is 41.6 Å². The van der Waals surface area contributed by atoms with E-state index in [4.69, 9.17) is 5.26 Å². The normalized spacial score (nSPS) is 10.6. The number of aromatic nitrogens is 2. The average molecular weight is 231 g/mol. The molecule has 3 heterocycles. The first-order valence-electron chi connectivity index (χ1n) is 4.28. The van der Waals surface area contributed by atoms with E-state index in [1.165, 1.54) is 4.01 Å². The van der Waals surface area contributed by atoms with Gasteiger partial charge >= 0.3 is 0 Å². The first-order valence-corrected chi connectivity index (χ1v) is 5.98. The number of imidazole rings is 1. The van der Waals surface area contributed by atoms with Crippen molar-refractivity contribution in [3.05, 3.63) is 35.7 Å². The van der Waals surface area contributed by atoms with E-state index in [1.54, 1.807) is 35.2 Å². The second-order valence-electron chi connectivity index (χ2n) is 2.99. The first-order chi connectivity index (χ1) is 7.40. The molecule has 0 aliphatic rings. The summed E-state index contributed by atoms with van der Waals surface area (Å²) in [5, 5.41) is 13.2. The Hall–Kier alpha value is -1.64. The number of nitrogens with zero attached hydrogens (tertiary/aromatic N) is 3. The predicted molar refractivity (Wildman–Crippen MR) is 61.5 cm³/mol. The van der Waals surface area contributed by atoms with Crippen LogP contribution >= 0.6 is 22.7 Å². The van der Waals surface area contributed by atoms with Crippen molar-refractivity contribution in [2.24, 2.45) is 0 Å². The fourth-order valence-corrected chi connectivity index (χ4v) is 3.63. The number of hydrogen-bond acceptors (Lipinski definition) is 4. The van der Waals surface area contributed by atoms with Gasteiger partial charge in [-0.05, 0) is 11.4 Å². The van der Waals surface area contributed by atoms with Crippen LogP contribution in [0.2, 0.25) is 0 Å². The highest BCUT2D eigenvalue weighted by Gasteiger charge is 2.13. The van der Waals surface area contributed by atoms with Gasteiger partial charge in [-0.25, -0.2) is 4.98 Å². The third-order valence-corrected chi connectivity index (χ3v) is 4.41. The molecule has 0 radical (unpaired) electrons. The maximum absolute atomic E-state index is 9.15. The molecule has 72 valence electrons. The summed E-state index contributed by atoms with van der Waals surface area (Å²) in [6, 6.07) is 4.26. The Bertz CT molecular complexity index is 640. The molecule has 0 spiro atoms. The molecule has 3 aromatic rings. The van der Waals surface area contributed by atoms with E-state index in [9.17, 15) is 0 Å². The summed E-state index contributed by atoms with van der Waals surface area (Å²) < 4.78 is 3.07. The summed E-state index contributed by atoms with van der Waals surface area (Å²) in [4.78, 5) is 3.99. The summed E-state index contributed by atoms with van der Waals surface area (Å²) in [6.45, 7) is 0. The smallest absolute Gasteiger partial charge is 0.120 e. The van der Waals surface area contributed by atoms with Crippen LogP contribution in [0.25, 0.3) is 14.4 Å². The second-order valence-corrected chi connectivity index (χ2v) is 5.16. The lowest BCUT2D eigenvalue weighted by Crippen LogP contribution is -1.88. The van der Waals surface area contributed by atoms with Crippen molar-refractivity contribution in [2.75, 3.05) is 0 Å². The lowest BCUT2D eigenvalue weighted by atomic mass is 10.2. The van der Waals surface area contributed by atoms with Gasteiger partial charge in [0.15, 0.2) is 0 Å². The molecule has 0 aliphatic carbocycles. The Kier molecular flexibility index (Phi) is 1.84. The Morgan fingerprint density at radius 1 is 1.47 bits per heavy atom. The fourth-order valence-electron chi connectivity index (χ4n) is 1.48. The van der Waals surface area contributed by atoms with Crippen LogP contribution in [0.15, 0.2) is 30.2 Å². The molecule has 0 aliphatic heterocycles. The SMILES string of the molecule is N#Cc1c(-n2ccnc2)sc2sccc12. The molecule has 0 fully saturated rings. The van der Waals surface area contributed by atoms with Crippen LogP contribution < -0.4 is 0 Å². The minimum Gasteiger partial charge on any atom is -0.296 e. The van der Waals surface area contributed by atoms with Crippen LogP contribution in [0, 0.1) is 11.3 Å². The van der Waals surface area contributed by atoms with Crippen LogP contribution in [0.3, 0.4) is 0 Å². The molecule has 0 atom stereocenters. The highest BCUT2D eigenvalue weighted by Crippen LogP contribution is 2.36. The van der Waals surface area contributed by atoms with Crippen molar-refractivity contribution in [1.82, 2.24) is 9.55 Å². The number of hydrogen-bond donors (Lipinski definition) is 0. The summed E-state index contributed by atoms with van der Waals surface area (Å²) in [7, 11) is 0. The van der Waals surface area contributed by atoms with E-state index in [1.807, 2.05) is 22.2 Å². The summed E-state index contributed by atoms with van der Waals surface area (Å²) in [5.41, 5.74) is 0.745. The van der Waals surface area contributed by atoms with Crippen molar-refractivity contribution in [1.29, 1.82) is 5.26 Å². The Morgan fingerprint density at radius 2 is 2.40 bits per heavy atom.